The highest BCUT2D eigenvalue weighted by atomic mass is 32.2. The van der Waals surface area contributed by atoms with Gasteiger partial charge in [0.05, 0.1) is 0 Å². The van der Waals surface area contributed by atoms with E-state index >= 15 is 0 Å². The van der Waals surface area contributed by atoms with Crippen LogP contribution in [0.1, 0.15) is 19.3 Å². The Bertz CT molecular complexity index is 278. The molecule has 1 atom stereocenters. The molecule has 0 amide bonds. The van der Waals surface area contributed by atoms with Crippen LogP contribution in [0.15, 0.2) is 0 Å². The van der Waals surface area contributed by atoms with Gasteiger partial charge < -0.3 is 14.3 Å². The van der Waals surface area contributed by atoms with Gasteiger partial charge in [0.2, 0.25) is 8.03 Å². The fourth-order valence-electron chi connectivity index (χ4n) is 1.37. The molecular weight excluding hydrogens is 272 g/mol. The summed E-state index contributed by atoms with van der Waals surface area (Å²) in [7, 11) is -6.82. The lowest BCUT2D eigenvalue weighted by molar-refractivity contribution is 0.355. The first kappa shape index (κ1) is 14.7. The SMILES string of the molecule is O=[PH](CP(=O)(O)O)OCSN1CCCCC1. The van der Waals surface area contributed by atoms with Crippen LogP contribution in [0.4, 0.5) is 0 Å². The molecule has 16 heavy (non-hydrogen) atoms. The summed E-state index contributed by atoms with van der Waals surface area (Å²) in [4.78, 5) is 17.2. The van der Waals surface area contributed by atoms with E-state index in [1.165, 1.54) is 18.4 Å². The second-order valence-corrected chi connectivity index (χ2v) is 8.21. The summed E-state index contributed by atoms with van der Waals surface area (Å²) in [6, 6.07) is 0. The zero-order valence-corrected chi connectivity index (χ0v) is 11.6. The Kier molecular flexibility index (Phi) is 6.59. The van der Waals surface area contributed by atoms with Gasteiger partial charge in [0.25, 0.3) is 0 Å². The lowest BCUT2D eigenvalue weighted by atomic mass is 10.2. The van der Waals surface area contributed by atoms with Crippen LogP contribution in [0.25, 0.3) is 0 Å². The Balaban J connectivity index is 2.10. The summed E-state index contributed by atoms with van der Waals surface area (Å²) in [5.74, 6) is -0.448. The van der Waals surface area contributed by atoms with Crippen molar-refractivity contribution in [3.8, 4) is 0 Å². The third-order valence-electron chi connectivity index (χ3n) is 2.11. The summed E-state index contributed by atoms with van der Waals surface area (Å²) in [6.07, 6.45) is 3.56. The molecule has 2 N–H and O–H groups in total. The van der Waals surface area contributed by atoms with E-state index in [-0.39, 0.29) is 5.94 Å². The monoisotopic (exact) mass is 289 g/mol. The minimum absolute atomic E-state index is 0.206. The van der Waals surface area contributed by atoms with E-state index in [2.05, 4.69) is 4.31 Å². The van der Waals surface area contributed by atoms with Gasteiger partial charge in [-0.1, -0.05) is 6.42 Å². The van der Waals surface area contributed by atoms with Crippen LogP contribution in [0.3, 0.4) is 0 Å². The molecule has 1 aliphatic heterocycles. The van der Waals surface area contributed by atoms with E-state index in [9.17, 15) is 9.13 Å². The molecule has 1 saturated heterocycles. The Hall–Kier alpha value is 0.650. The topological polar surface area (TPSA) is 87.1 Å². The molecule has 0 aromatic carbocycles. The predicted octanol–water partition coefficient (Wildman–Crippen LogP) is 1.70. The third kappa shape index (κ3) is 7.07. The first-order valence-electron chi connectivity index (χ1n) is 5.05. The molecule has 0 radical (unpaired) electrons. The molecule has 96 valence electrons. The fourth-order valence-corrected chi connectivity index (χ4v) is 4.49. The highest BCUT2D eigenvalue weighted by Gasteiger charge is 2.18. The second kappa shape index (κ2) is 7.17. The quantitative estimate of drug-likeness (QED) is 0.437. The van der Waals surface area contributed by atoms with Gasteiger partial charge in [-0.05, 0) is 24.8 Å². The molecule has 1 unspecified atom stereocenters. The zero-order valence-electron chi connectivity index (χ0n) is 8.87. The van der Waals surface area contributed by atoms with Crippen LogP contribution in [-0.2, 0) is 13.7 Å². The van der Waals surface area contributed by atoms with Crippen molar-refractivity contribution in [3.63, 3.8) is 0 Å². The summed E-state index contributed by atoms with van der Waals surface area (Å²) < 4.78 is 28.7. The first-order chi connectivity index (χ1) is 7.47. The van der Waals surface area contributed by atoms with Crippen molar-refractivity contribution in [2.75, 3.05) is 24.9 Å². The smallest absolute Gasteiger partial charge is 0.324 e. The minimum Gasteiger partial charge on any atom is -0.324 e. The Labute approximate surface area is 99.9 Å². The van der Waals surface area contributed by atoms with E-state index in [4.69, 9.17) is 14.3 Å². The van der Waals surface area contributed by atoms with Gasteiger partial charge in [-0.15, -0.1) is 0 Å². The molecule has 1 fully saturated rings. The maximum atomic E-state index is 11.1. The van der Waals surface area contributed by atoms with Crippen molar-refractivity contribution >= 4 is 27.6 Å². The first-order valence-corrected chi connectivity index (χ1v) is 9.32. The maximum Gasteiger partial charge on any atom is 0.334 e. The van der Waals surface area contributed by atoms with Crippen LogP contribution < -0.4 is 0 Å². The van der Waals surface area contributed by atoms with Crippen molar-refractivity contribution in [2.45, 2.75) is 19.3 Å². The van der Waals surface area contributed by atoms with E-state index in [0.29, 0.717) is 0 Å². The molecule has 0 aromatic heterocycles. The molecule has 0 bridgehead atoms. The van der Waals surface area contributed by atoms with E-state index < -0.39 is 21.5 Å². The van der Waals surface area contributed by atoms with Crippen molar-refractivity contribution in [2.24, 2.45) is 0 Å². The van der Waals surface area contributed by atoms with Crippen LogP contribution in [0.5, 0.6) is 0 Å². The number of rotatable bonds is 6. The van der Waals surface area contributed by atoms with Gasteiger partial charge in [-0.25, -0.2) is 4.31 Å². The van der Waals surface area contributed by atoms with Crippen molar-refractivity contribution in [3.05, 3.63) is 0 Å². The van der Waals surface area contributed by atoms with Gasteiger partial charge >= 0.3 is 7.60 Å². The van der Waals surface area contributed by atoms with Crippen molar-refractivity contribution in [1.29, 1.82) is 0 Å². The molecule has 9 heteroatoms. The van der Waals surface area contributed by atoms with Crippen LogP contribution in [0, 0.1) is 0 Å². The van der Waals surface area contributed by atoms with Crippen molar-refractivity contribution in [1.82, 2.24) is 4.31 Å². The summed E-state index contributed by atoms with van der Waals surface area (Å²) in [6.45, 7) is 1.99. The molecular formula is C7H17NO5P2S. The van der Waals surface area contributed by atoms with E-state index in [1.54, 1.807) is 0 Å². The standard InChI is InChI=1S/C7H17NO5P2S/c9-14(7-15(10,11)12)13-6-16-8-4-2-1-3-5-8/h14H,1-7H2,(H2,10,11,12). The molecule has 1 heterocycles. The van der Waals surface area contributed by atoms with Crippen molar-refractivity contribution < 1.29 is 23.4 Å². The molecule has 0 spiro atoms. The molecule has 1 aliphatic rings. The Morgan fingerprint density at radius 2 is 1.94 bits per heavy atom. The van der Waals surface area contributed by atoms with E-state index in [1.807, 2.05) is 0 Å². The summed E-state index contributed by atoms with van der Waals surface area (Å²) in [5, 5.41) is 0. The molecule has 1 rings (SSSR count). The summed E-state index contributed by atoms with van der Waals surface area (Å²) in [5.41, 5.74) is 0. The largest absolute Gasteiger partial charge is 0.334 e. The third-order valence-corrected chi connectivity index (χ3v) is 6.41. The lowest BCUT2D eigenvalue weighted by Gasteiger charge is -2.24. The van der Waals surface area contributed by atoms with Gasteiger partial charge in [-0.2, -0.15) is 0 Å². The number of hydrogen-bond acceptors (Lipinski definition) is 5. The minimum atomic E-state index is -4.21. The van der Waals surface area contributed by atoms with Gasteiger partial charge in [0.15, 0.2) is 0 Å². The molecule has 0 aliphatic carbocycles. The average Bonchev–Trinajstić information content (AvgIpc) is 2.16. The van der Waals surface area contributed by atoms with Crippen LogP contribution in [-0.4, -0.2) is 39.0 Å². The number of piperidine rings is 1. The highest BCUT2D eigenvalue weighted by molar-refractivity contribution is 7.97. The lowest BCUT2D eigenvalue weighted by Crippen LogP contribution is -2.23. The van der Waals surface area contributed by atoms with Crippen LogP contribution >= 0.6 is 27.6 Å². The number of nitrogens with zero attached hydrogens (tertiary/aromatic N) is 1. The Morgan fingerprint density at radius 1 is 1.31 bits per heavy atom. The van der Waals surface area contributed by atoms with Gasteiger partial charge in [-0.3, -0.25) is 9.13 Å². The second-order valence-electron chi connectivity index (χ2n) is 3.58. The highest BCUT2D eigenvalue weighted by Crippen LogP contribution is 2.45. The predicted molar refractivity (Wildman–Crippen MR) is 64.9 cm³/mol. The van der Waals surface area contributed by atoms with Gasteiger partial charge in [0, 0.05) is 13.1 Å². The zero-order chi connectivity index (χ0) is 12.0. The van der Waals surface area contributed by atoms with Gasteiger partial charge in [0.1, 0.15) is 11.8 Å². The average molecular weight is 289 g/mol. The van der Waals surface area contributed by atoms with Crippen LogP contribution in [0.2, 0.25) is 0 Å². The fraction of sp³-hybridized carbons (Fsp3) is 1.00. The number of hydrogen-bond donors (Lipinski definition) is 2. The molecule has 6 nitrogen and oxygen atoms in total. The molecule has 0 aromatic rings. The summed E-state index contributed by atoms with van der Waals surface area (Å²) >= 11 is 1.44. The normalized spacial score (nSPS) is 20.9. The van der Waals surface area contributed by atoms with E-state index in [0.717, 1.165) is 25.9 Å². The maximum absolute atomic E-state index is 11.1. The Morgan fingerprint density at radius 3 is 2.50 bits per heavy atom. The molecule has 0 saturated carbocycles.